The molecule has 0 bridgehead atoms. The number of hydrogen-bond acceptors (Lipinski definition) is 1. The molecule has 1 nitrogen and oxygen atoms in total. The number of rotatable bonds is 4. The Kier molecular flexibility index (Phi) is 3.95. The van der Waals surface area contributed by atoms with Crippen molar-refractivity contribution < 1.29 is 0 Å². The average molecular weight is 201 g/mol. The summed E-state index contributed by atoms with van der Waals surface area (Å²) >= 11 is 0. The molecule has 0 aromatic rings. The third kappa shape index (κ3) is 1.50. The summed E-state index contributed by atoms with van der Waals surface area (Å²) in [6.45, 7) is 11.2. The van der Waals surface area contributed by atoms with Crippen molar-refractivity contribution in [2.45, 2.75) is 52.9 Å². The fourth-order valence-electron chi connectivity index (χ4n) is 2.65. The van der Waals surface area contributed by atoms with Crippen molar-refractivity contribution in [3.63, 3.8) is 0 Å². The maximum absolute atomic E-state index is 9.58. The molecule has 0 radical (unpaired) electrons. The first-order valence-electron chi connectivity index (χ1n) is 5.32. The summed E-state index contributed by atoms with van der Waals surface area (Å²) in [6, 6.07) is 0. The van der Waals surface area contributed by atoms with Crippen LogP contribution < -0.4 is 0 Å². The summed E-state index contributed by atoms with van der Waals surface area (Å²) in [5.74, 6) is 2.76. The standard InChI is InChI=1S/C11H24NP/c1-7-13(8-2,9-12,10(3)4)11(5)6/h10-11H,7-8H2,1-6H3. The summed E-state index contributed by atoms with van der Waals surface area (Å²) in [7, 11) is 0. The average Bonchev–Trinajstić information content (AvgIpc) is 2.08. The van der Waals surface area contributed by atoms with Gasteiger partial charge in [0.25, 0.3) is 0 Å². The zero-order valence-electron chi connectivity index (χ0n) is 9.96. The molecule has 2 heteroatoms. The van der Waals surface area contributed by atoms with Crippen LogP contribution in [0.5, 0.6) is 0 Å². The van der Waals surface area contributed by atoms with Gasteiger partial charge in [-0.1, -0.05) is 0 Å². The van der Waals surface area contributed by atoms with Gasteiger partial charge in [-0.25, -0.2) is 0 Å². The van der Waals surface area contributed by atoms with Crippen molar-refractivity contribution >= 4 is 6.60 Å². The van der Waals surface area contributed by atoms with Crippen LogP contribution in [0.3, 0.4) is 0 Å². The van der Waals surface area contributed by atoms with E-state index in [1.165, 1.54) is 0 Å². The molecule has 0 atom stereocenters. The molecular weight excluding hydrogens is 177 g/mol. The van der Waals surface area contributed by atoms with Crippen molar-refractivity contribution in [3.05, 3.63) is 0 Å². The number of nitrogens with zero attached hydrogens (tertiary/aromatic N) is 1. The zero-order valence-corrected chi connectivity index (χ0v) is 10.9. The summed E-state index contributed by atoms with van der Waals surface area (Å²) in [5.41, 5.74) is 1.09. The SMILES string of the molecule is CCP(C#N)(CC)(C(C)C)C(C)C. The fraction of sp³-hybridized carbons (Fsp3) is 0.909. The molecule has 0 fully saturated rings. The van der Waals surface area contributed by atoms with Crippen LogP contribution in [0.15, 0.2) is 0 Å². The summed E-state index contributed by atoms with van der Waals surface area (Å²) in [6.07, 6.45) is 2.15. The van der Waals surface area contributed by atoms with E-state index < -0.39 is 6.60 Å². The number of nitriles is 1. The maximum atomic E-state index is 9.58. The van der Waals surface area contributed by atoms with Crippen molar-refractivity contribution in [1.29, 1.82) is 5.26 Å². The van der Waals surface area contributed by atoms with Gasteiger partial charge in [0.1, 0.15) is 0 Å². The molecule has 0 amide bonds. The van der Waals surface area contributed by atoms with Gasteiger partial charge in [-0.15, -0.1) is 0 Å². The molecule has 0 spiro atoms. The van der Waals surface area contributed by atoms with Crippen LogP contribution in [-0.2, 0) is 0 Å². The molecular formula is C11H24NP. The van der Waals surface area contributed by atoms with Crippen LogP contribution in [0, 0.1) is 11.1 Å². The van der Waals surface area contributed by atoms with Gasteiger partial charge in [0.2, 0.25) is 0 Å². The van der Waals surface area contributed by atoms with Gasteiger partial charge in [-0.05, 0) is 0 Å². The third-order valence-electron chi connectivity index (χ3n) is 4.32. The van der Waals surface area contributed by atoms with Gasteiger partial charge in [-0.3, -0.25) is 0 Å². The van der Waals surface area contributed by atoms with E-state index in [0.717, 1.165) is 12.3 Å². The van der Waals surface area contributed by atoms with Crippen molar-refractivity contribution in [1.82, 2.24) is 0 Å². The third-order valence-corrected chi connectivity index (χ3v) is 13.0. The van der Waals surface area contributed by atoms with Gasteiger partial charge in [0.05, 0.1) is 0 Å². The summed E-state index contributed by atoms with van der Waals surface area (Å²) in [4.78, 5) is 0. The Balaban J connectivity index is 5.46. The summed E-state index contributed by atoms with van der Waals surface area (Å²) < 4.78 is 0. The molecule has 0 saturated heterocycles. The monoisotopic (exact) mass is 201 g/mol. The van der Waals surface area contributed by atoms with Crippen molar-refractivity contribution in [3.8, 4) is 5.81 Å². The first-order chi connectivity index (χ1) is 5.90. The second-order valence-electron chi connectivity index (χ2n) is 4.60. The second-order valence-corrected chi connectivity index (χ2v) is 11.5. The van der Waals surface area contributed by atoms with Gasteiger partial charge in [0.15, 0.2) is 0 Å². The predicted octanol–water partition coefficient (Wildman–Crippen LogP) is 3.88. The molecule has 78 valence electrons. The molecule has 0 aromatic carbocycles. The van der Waals surface area contributed by atoms with Gasteiger partial charge in [-0.2, -0.15) is 0 Å². The van der Waals surface area contributed by atoms with Gasteiger partial charge in [0, 0.05) is 0 Å². The molecule has 0 aliphatic heterocycles. The summed E-state index contributed by atoms with van der Waals surface area (Å²) in [5, 5.41) is 9.58. The zero-order chi connectivity index (χ0) is 10.7. The molecule has 0 aliphatic rings. The topological polar surface area (TPSA) is 23.8 Å². The molecule has 0 rings (SSSR count). The van der Waals surface area contributed by atoms with E-state index in [1.54, 1.807) is 0 Å². The Labute approximate surface area is 83.5 Å². The minimum atomic E-state index is -2.09. The fourth-order valence-corrected chi connectivity index (χ4v) is 7.96. The Bertz CT molecular complexity index is 197. The normalized spacial score (nSPS) is 15.5. The second kappa shape index (κ2) is 3.97. The van der Waals surface area contributed by atoms with Crippen LogP contribution in [0.4, 0.5) is 0 Å². The van der Waals surface area contributed by atoms with E-state index in [0.29, 0.717) is 11.3 Å². The van der Waals surface area contributed by atoms with Crippen LogP contribution in [0.2, 0.25) is 0 Å². The van der Waals surface area contributed by atoms with E-state index in [1.807, 2.05) is 0 Å². The van der Waals surface area contributed by atoms with Gasteiger partial charge >= 0.3 is 82.9 Å². The van der Waals surface area contributed by atoms with E-state index in [2.05, 4.69) is 47.4 Å². The van der Waals surface area contributed by atoms with E-state index in [9.17, 15) is 5.26 Å². The Morgan fingerprint density at radius 2 is 1.31 bits per heavy atom. The first kappa shape index (κ1) is 12.9. The van der Waals surface area contributed by atoms with Crippen LogP contribution in [-0.4, -0.2) is 23.6 Å². The van der Waals surface area contributed by atoms with Crippen LogP contribution in [0.25, 0.3) is 0 Å². The first-order valence-corrected chi connectivity index (χ1v) is 8.06. The van der Waals surface area contributed by atoms with E-state index >= 15 is 0 Å². The molecule has 0 heterocycles. The van der Waals surface area contributed by atoms with Crippen LogP contribution in [0.1, 0.15) is 41.5 Å². The van der Waals surface area contributed by atoms with Crippen molar-refractivity contribution in [2.75, 3.05) is 12.3 Å². The Morgan fingerprint density at radius 3 is 1.31 bits per heavy atom. The molecule has 0 N–H and O–H groups in total. The Morgan fingerprint density at radius 1 is 1.00 bits per heavy atom. The van der Waals surface area contributed by atoms with E-state index in [-0.39, 0.29) is 0 Å². The van der Waals surface area contributed by atoms with Crippen molar-refractivity contribution in [2.24, 2.45) is 0 Å². The molecule has 13 heavy (non-hydrogen) atoms. The predicted molar refractivity (Wildman–Crippen MR) is 63.9 cm³/mol. The molecule has 0 saturated carbocycles. The molecule has 0 unspecified atom stereocenters. The Hall–Kier alpha value is -0.0800. The number of hydrogen-bond donors (Lipinski definition) is 0. The minimum absolute atomic E-state index is 0.547. The van der Waals surface area contributed by atoms with Gasteiger partial charge < -0.3 is 0 Å². The van der Waals surface area contributed by atoms with Crippen LogP contribution >= 0.6 is 6.60 Å². The molecule has 0 aromatic heterocycles. The quantitative estimate of drug-likeness (QED) is 0.633. The molecule has 0 aliphatic carbocycles. The van der Waals surface area contributed by atoms with E-state index in [4.69, 9.17) is 0 Å².